The molecule has 1 atom stereocenters. The average molecular weight is 550 g/mol. The van der Waals surface area contributed by atoms with Crippen molar-refractivity contribution in [2.24, 2.45) is 5.92 Å². The van der Waals surface area contributed by atoms with Crippen LogP contribution in [0.2, 0.25) is 0 Å². The lowest BCUT2D eigenvalue weighted by Crippen LogP contribution is -2.43. The zero-order chi connectivity index (χ0) is 28.2. The molecule has 0 bridgehead atoms. The van der Waals surface area contributed by atoms with E-state index < -0.39 is 0 Å². The van der Waals surface area contributed by atoms with Crippen LogP contribution in [0.1, 0.15) is 68.6 Å². The number of hydrogen-bond acceptors (Lipinski definition) is 8. The van der Waals surface area contributed by atoms with Crippen LogP contribution in [-0.4, -0.2) is 79.6 Å². The molecule has 1 aliphatic carbocycles. The van der Waals surface area contributed by atoms with E-state index in [2.05, 4.69) is 39.4 Å². The second-order valence-electron chi connectivity index (χ2n) is 11.5. The summed E-state index contributed by atoms with van der Waals surface area (Å²) >= 11 is 0. The predicted octanol–water partition coefficient (Wildman–Crippen LogP) is 4.19. The second-order valence-corrected chi connectivity index (χ2v) is 11.5. The largest absolute Gasteiger partial charge is 0.495 e. The van der Waals surface area contributed by atoms with Gasteiger partial charge < -0.3 is 30.1 Å². The molecule has 10 nitrogen and oxygen atoms in total. The molecule has 0 spiro atoms. The quantitative estimate of drug-likeness (QED) is 0.505. The summed E-state index contributed by atoms with van der Waals surface area (Å²) in [7, 11) is 5.53. The SMILES string of the molecule is CCC[C@H]1CN(C2CCCC2)c2nc(Nc3ccc(C(=O)NC4CCN(C)CC4)cc3OC)ncc2N(C)C1=O. The third-order valence-corrected chi connectivity index (χ3v) is 8.65. The third kappa shape index (κ3) is 6.01. The fraction of sp³-hybridized carbons (Fsp3) is 0.600. The highest BCUT2D eigenvalue weighted by molar-refractivity contribution is 5.99. The maximum Gasteiger partial charge on any atom is 0.251 e. The smallest absolute Gasteiger partial charge is 0.251 e. The van der Waals surface area contributed by atoms with Crippen molar-refractivity contribution in [2.45, 2.75) is 70.4 Å². The highest BCUT2D eigenvalue weighted by atomic mass is 16.5. The number of benzene rings is 1. The minimum absolute atomic E-state index is 0.0606. The summed E-state index contributed by atoms with van der Waals surface area (Å²) < 4.78 is 5.65. The fourth-order valence-electron chi connectivity index (χ4n) is 6.25. The Morgan fingerprint density at radius 3 is 2.58 bits per heavy atom. The van der Waals surface area contributed by atoms with Gasteiger partial charge >= 0.3 is 0 Å². The normalized spacial score (nSPS) is 20.8. The van der Waals surface area contributed by atoms with E-state index in [9.17, 15) is 9.59 Å². The van der Waals surface area contributed by atoms with Gasteiger partial charge in [-0.15, -0.1) is 0 Å². The van der Waals surface area contributed by atoms with Gasteiger partial charge in [0, 0.05) is 31.2 Å². The van der Waals surface area contributed by atoms with Gasteiger partial charge in [0.05, 0.1) is 24.9 Å². The van der Waals surface area contributed by atoms with Crippen LogP contribution >= 0.6 is 0 Å². The zero-order valence-electron chi connectivity index (χ0n) is 24.3. The maximum atomic E-state index is 13.3. The zero-order valence-corrected chi connectivity index (χ0v) is 24.3. The van der Waals surface area contributed by atoms with Crippen molar-refractivity contribution < 1.29 is 14.3 Å². The first-order chi connectivity index (χ1) is 19.4. The van der Waals surface area contributed by atoms with Crippen LogP contribution in [0.15, 0.2) is 24.4 Å². The van der Waals surface area contributed by atoms with Crippen LogP contribution in [0.25, 0.3) is 0 Å². The first-order valence-electron chi connectivity index (χ1n) is 14.7. The fourth-order valence-corrected chi connectivity index (χ4v) is 6.25. The number of carbonyl (C=O) groups excluding carboxylic acids is 2. The molecule has 10 heteroatoms. The van der Waals surface area contributed by atoms with E-state index in [1.54, 1.807) is 30.3 Å². The minimum atomic E-state index is -0.0952. The van der Waals surface area contributed by atoms with Gasteiger partial charge in [-0.1, -0.05) is 26.2 Å². The van der Waals surface area contributed by atoms with Crippen molar-refractivity contribution >= 4 is 35.0 Å². The Balaban J connectivity index is 1.38. The Labute approximate surface area is 237 Å². The first-order valence-corrected chi connectivity index (χ1v) is 14.7. The van der Waals surface area contributed by atoms with Crippen molar-refractivity contribution in [3.05, 3.63) is 30.0 Å². The number of aromatic nitrogens is 2. The van der Waals surface area contributed by atoms with Crippen LogP contribution in [0, 0.1) is 5.92 Å². The first kappa shape index (κ1) is 28.1. The lowest BCUT2D eigenvalue weighted by Gasteiger charge is -2.31. The van der Waals surface area contributed by atoms with Gasteiger partial charge in [-0.3, -0.25) is 9.59 Å². The molecule has 2 fully saturated rings. The Hall–Kier alpha value is -3.40. The number of methoxy groups -OCH3 is 1. The summed E-state index contributed by atoms with van der Waals surface area (Å²) in [6.07, 6.45) is 10.1. The lowest BCUT2D eigenvalue weighted by atomic mass is 10.0. The number of hydrogen-bond donors (Lipinski definition) is 2. The summed E-state index contributed by atoms with van der Waals surface area (Å²) in [5.74, 6) is 1.74. The number of piperidine rings is 1. The van der Waals surface area contributed by atoms with Crippen LogP contribution in [-0.2, 0) is 4.79 Å². The van der Waals surface area contributed by atoms with E-state index in [-0.39, 0.29) is 23.8 Å². The Morgan fingerprint density at radius 1 is 1.12 bits per heavy atom. The molecular weight excluding hydrogens is 506 g/mol. The summed E-state index contributed by atoms with van der Waals surface area (Å²) in [6.45, 7) is 4.78. The standard InChI is InChI=1S/C30H43N7O3/c1-5-8-21-19-37(23-9-6-7-10-23)27-25(36(3)29(21)39)18-31-30(34-27)33-24-12-11-20(17-26(24)40-4)28(38)32-22-13-15-35(2)16-14-22/h11-12,17-18,21-23H,5-10,13-16,19H2,1-4H3,(H,32,38)(H,31,33,34)/t21-/m0/s1. The number of anilines is 4. The Kier molecular flexibility index (Phi) is 8.73. The molecule has 1 aromatic carbocycles. The van der Waals surface area contributed by atoms with Gasteiger partial charge in [0.1, 0.15) is 11.4 Å². The van der Waals surface area contributed by atoms with Gasteiger partial charge in [0.2, 0.25) is 11.9 Å². The molecule has 3 heterocycles. The van der Waals surface area contributed by atoms with Crippen molar-refractivity contribution in [3.63, 3.8) is 0 Å². The molecule has 2 N–H and O–H groups in total. The minimum Gasteiger partial charge on any atom is -0.495 e. The number of fused-ring (bicyclic) bond motifs is 1. The monoisotopic (exact) mass is 549 g/mol. The number of ether oxygens (including phenoxy) is 1. The molecule has 2 aromatic rings. The summed E-state index contributed by atoms with van der Waals surface area (Å²) in [5, 5.41) is 6.47. The van der Waals surface area contributed by atoms with Crippen LogP contribution in [0.5, 0.6) is 5.75 Å². The summed E-state index contributed by atoms with van der Waals surface area (Å²) in [4.78, 5) is 42.2. The molecule has 2 aliphatic heterocycles. The van der Waals surface area contributed by atoms with Crippen molar-refractivity contribution in [1.82, 2.24) is 20.2 Å². The van der Waals surface area contributed by atoms with Gasteiger partial charge in [0.15, 0.2) is 5.82 Å². The topological polar surface area (TPSA) is 103 Å². The molecule has 5 rings (SSSR count). The maximum absolute atomic E-state index is 13.3. The molecule has 1 aromatic heterocycles. The second kappa shape index (κ2) is 12.4. The van der Waals surface area contributed by atoms with Crippen LogP contribution in [0.3, 0.4) is 0 Å². The van der Waals surface area contributed by atoms with Gasteiger partial charge in [0.25, 0.3) is 5.91 Å². The van der Waals surface area contributed by atoms with E-state index in [1.165, 1.54) is 12.8 Å². The molecule has 0 radical (unpaired) electrons. The number of carbonyl (C=O) groups is 2. The molecule has 3 aliphatic rings. The number of rotatable bonds is 8. The highest BCUT2D eigenvalue weighted by Gasteiger charge is 2.36. The van der Waals surface area contributed by atoms with Crippen LogP contribution in [0.4, 0.5) is 23.1 Å². The molecule has 216 valence electrons. The summed E-state index contributed by atoms with van der Waals surface area (Å²) in [5.41, 5.74) is 1.97. The summed E-state index contributed by atoms with van der Waals surface area (Å²) in [6, 6.07) is 5.94. The molecule has 1 saturated heterocycles. The van der Waals surface area contributed by atoms with Gasteiger partial charge in [-0.05, 0) is 70.4 Å². The van der Waals surface area contributed by atoms with Crippen molar-refractivity contribution in [3.8, 4) is 5.75 Å². The molecule has 40 heavy (non-hydrogen) atoms. The number of likely N-dealkylation sites (tertiary alicyclic amines) is 1. The van der Waals surface area contributed by atoms with Gasteiger partial charge in [-0.25, -0.2) is 4.98 Å². The molecular formula is C30H43N7O3. The van der Waals surface area contributed by atoms with Crippen molar-refractivity contribution in [1.29, 1.82) is 0 Å². The Morgan fingerprint density at radius 2 is 1.88 bits per heavy atom. The molecule has 0 unspecified atom stereocenters. The lowest BCUT2D eigenvalue weighted by molar-refractivity contribution is -0.121. The van der Waals surface area contributed by atoms with E-state index in [1.807, 2.05) is 13.1 Å². The molecule has 1 saturated carbocycles. The van der Waals surface area contributed by atoms with E-state index in [0.29, 0.717) is 35.5 Å². The average Bonchev–Trinajstić information content (AvgIpc) is 3.48. The predicted molar refractivity (Wildman–Crippen MR) is 158 cm³/mol. The number of nitrogens with zero attached hydrogens (tertiary/aromatic N) is 5. The van der Waals surface area contributed by atoms with Crippen molar-refractivity contribution in [2.75, 3.05) is 56.0 Å². The van der Waals surface area contributed by atoms with Gasteiger partial charge in [-0.2, -0.15) is 4.98 Å². The Bertz CT molecular complexity index is 1210. The van der Waals surface area contributed by atoms with Crippen LogP contribution < -0.4 is 25.2 Å². The van der Waals surface area contributed by atoms with E-state index in [4.69, 9.17) is 9.72 Å². The van der Waals surface area contributed by atoms with E-state index in [0.717, 1.165) is 63.1 Å². The number of amides is 2. The number of nitrogens with one attached hydrogen (secondary N) is 2. The molecule has 2 amide bonds. The highest BCUT2D eigenvalue weighted by Crippen LogP contribution is 2.38. The van der Waals surface area contributed by atoms with E-state index >= 15 is 0 Å². The third-order valence-electron chi connectivity index (χ3n) is 8.65.